The highest BCUT2D eigenvalue weighted by atomic mass is 16.3. The molecule has 12 heteroatoms. The molecule has 3 aromatic carbocycles. The van der Waals surface area contributed by atoms with Crippen LogP contribution >= 0.6 is 0 Å². The monoisotopic (exact) mass is 808 g/mol. The van der Waals surface area contributed by atoms with Gasteiger partial charge in [-0.05, 0) is 105 Å². The van der Waals surface area contributed by atoms with Crippen molar-refractivity contribution in [2.24, 2.45) is 11.5 Å². The molecule has 5 atom stereocenters. The Labute approximate surface area is 349 Å². The maximum Gasteiger partial charge on any atom is 0.264 e. The molecule has 59 heavy (non-hydrogen) atoms. The van der Waals surface area contributed by atoms with Crippen LogP contribution in [0.1, 0.15) is 105 Å². The number of para-hydroxylation sites is 1. The molecule has 0 saturated carbocycles. The number of carbonyl (C=O) groups excluding carboxylic acids is 4. The van der Waals surface area contributed by atoms with E-state index in [4.69, 9.17) is 11.5 Å². The largest absolute Gasteiger partial charge is 0.508 e. The molecule has 1 fully saturated rings. The number of nitrogens with zero attached hydrogens (tertiary/aromatic N) is 2. The summed E-state index contributed by atoms with van der Waals surface area (Å²) in [5.74, 6) is -1.80. The van der Waals surface area contributed by atoms with Crippen LogP contribution in [0, 0.1) is 20.8 Å². The summed E-state index contributed by atoms with van der Waals surface area (Å²) in [6.45, 7) is 8.78. The number of benzene rings is 3. The van der Waals surface area contributed by atoms with Crippen molar-refractivity contribution in [3.8, 4) is 5.75 Å². The number of hydrogen-bond donors (Lipinski definition) is 6. The van der Waals surface area contributed by atoms with E-state index in [2.05, 4.69) is 22.9 Å². The minimum absolute atomic E-state index is 0.146. The minimum Gasteiger partial charge on any atom is -0.508 e. The van der Waals surface area contributed by atoms with Gasteiger partial charge in [-0.1, -0.05) is 94.0 Å². The number of likely N-dealkylation sites (tertiary alicyclic amines) is 1. The van der Waals surface area contributed by atoms with Gasteiger partial charge in [-0.2, -0.15) is 0 Å². The number of amides is 4. The molecule has 12 nitrogen and oxygen atoms in total. The maximum atomic E-state index is 14.7. The molecule has 0 aliphatic carbocycles. The van der Waals surface area contributed by atoms with Gasteiger partial charge < -0.3 is 42.0 Å². The van der Waals surface area contributed by atoms with E-state index in [1.54, 1.807) is 21.6 Å². The van der Waals surface area contributed by atoms with E-state index < -0.39 is 42.0 Å². The lowest BCUT2D eigenvalue weighted by atomic mass is 9.95. The Kier molecular flexibility index (Phi) is 16.5. The number of rotatable bonds is 22. The summed E-state index contributed by atoms with van der Waals surface area (Å²) >= 11 is 0. The van der Waals surface area contributed by atoms with E-state index in [9.17, 15) is 24.3 Å². The Morgan fingerprint density at radius 1 is 0.847 bits per heavy atom. The summed E-state index contributed by atoms with van der Waals surface area (Å²) in [5.41, 5.74) is 17.7. The number of aryl methyl sites for hydroxylation is 4. The van der Waals surface area contributed by atoms with Gasteiger partial charge in [0.25, 0.3) is 5.91 Å². The van der Waals surface area contributed by atoms with Crippen LogP contribution in [0.15, 0.2) is 72.9 Å². The summed E-state index contributed by atoms with van der Waals surface area (Å²) < 4.78 is 1.71. The molecule has 1 aromatic heterocycles. The predicted octanol–water partition coefficient (Wildman–Crippen LogP) is 5.76. The topological polar surface area (TPSA) is 185 Å². The zero-order valence-corrected chi connectivity index (χ0v) is 35.3. The molecule has 8 N–H and O–H groups in total. The first-order valence-electron chi connectivity index (χ1n) is 21.5. The van der Waals surface area contributed by atoms with Crippen molar-refractivity contribution in [3.63, 3.8) is 0 Å². The highest BCUT2D eigenvalue weighted by molar-refractivity contribution is 5.95. The summed E-state index contributed by atoms with van der Waals surface area (Å²) in [6, 6.07) is 18.0. The second-order valence-electron chi connectivity index (χ2n) is 16.4. The summed E-state index contributed by atoms with van der Waals surface area (Å²) in [7, 11) is 0. The molecule has 1 saturated heterocycles. The Morgan fingerprint density at radius 3 is 2.24 bits per heavy atom. The number of aromatic nitrogens is 1. The number of phenols is 1. The van der Waals surface area contributed by atoms with Crippen molar-refractivity contribution in [1.82, 2.24) is 25.4 Å². The van der Waals surface area contributed by atoms with Crippen molar-refractivity contribution in [3.05, 3.63) is 101 Å². The Morgan fingerprint density at radius 2 is 1.53 bits per heavy atom. The molecular weight excluding hydrogens is 743 g/mol. The van der Waals surface area contributed by atoms with Crippen LogP contribution in [0.2, 0.25) is 0 Å². The van der Waals surface area contributed by atoms with Crippen LogP contribution in [0.4, 0.5) is 0 Å². The highest BCUT2D eigenvalue weighted by Crippen LogP contribution is 2.27. The molecule has 1 aliphatic rings. The van der Waals surface area contributed by atoms with Gasteiger partial charge in [0.1, 0.15) is 17.8 Å². The fourth-order valence-electron chi connectivity index (χ4n) is 8.41. The van der Waals surface area contributed by atoms with E-state index in [1.807, 2.05) is 81.6 Å². The molecule has 0 spiro atoms. The predicted molar refractivity (Wildman–Crippen MR) is 234 cm³/mol. The van der Waals surface area contributed by atoms with Crippen molar-refractivity contribution < 1.29 is 24.3 Å². The molecule has 0 bridgehead atoms. The van der Waals surface area contributed by atoms with Crippen molar-refractivity contribution >= 4 is 34.5 Å². The number of carbonyl (C=O) groups is 4. The van der Waals surface area contributed by atoms with Crippen molar-refractivity contribution in [2.75, 3.05) is 13.1 Å². The Balaban J connectivity index is 1.36. The first kappa shape index (κ1) is 44.9. The smallest absolute Gasteiger partial charge is 0.264 e. The molecule has 1 aliphatic heterocycles. The quantitative estimate of drug-likeness (QED) is 0.0546. The molecule has 4 aromatic rings. The zero-order valence-electron chi connectivity index (χ0n) is 35.3. The molecule has 5 rings (SSSR count). The second kappa shape index (κ2) is 21.7. The summed E-state index contributed by atoms with van der Waals surface area (Å²) in [6.07, 6.45) is 10.6. The zero-order chi connectivity index (χ0) is 42.5. The third-order valence-electron chi connectivity index (χ3n) is 11.8. The lowest BCUT2D eigenvalue weighted by Gasteiger charge is -2.31. The number of nitrogens with two attached hydrogens (primary N) is 2. The molecule has 0 radical (unpaired) electrons. The first-order valence-corrected chi connectivity index (χ1v) is 21.5. The molecule has 2 heterocycles. The maximum absolute atomic E-state index is 14.7. The number of unbranched alkanes of at least 4 members (excludes halogenated alkanes) is 5. The lowest BCUT2D eigenvalue weighted by Crippen LogP contribution is -2.56. The number of hydrogen-bond acceptors (Lipinski definition) is 7. The molecule has 318 valence electrons. The Bertz CT molecular complexity index is 2010. The van der Waals surface area contributed by atoms with Gasteiger partial charge in [-0.15, -0.1) is 0 Å². The molecule has 5 unspecified atom stereocenters. The third kappa shape index (κ3) is 12.2. The lowest BCUT2D eigenvalue weighted by molar-refractivity contribution is -0.141. The van der Waals surface area contributed by atoms with Gasteiger partial charge in [0, 0.05) is 30.7 Å². The van der Waals surface area contributed by atoms with Gasteiger partial charge in [0.2, 0.25) is 17.7 Å². The van der Waals surface area contributed by atoms with E-state index >= 15 is 0 Å². The van der Waals surface area contributed by atoms with Crippen LogP contribution < -0.4 is 27.4 Å². The minimum atomic E-state index is -1.24. The van der Waals surface area contributed by atoms with E-state index in [0.29, 0.717) is 38.8 Å². The van der Waals surface area contributed by atoms with Crippen LogP contribution in [-0.2, 0) is 32.0 Å². The third-order valence-corrected chi connectivity index (χ3v) is 11.8. The average molecular weight is 808 g/mol. The average Bonchev–Trinajstić information content (AvgIpc) is 3.84. The van der Waals surface area contributed by atoms with Crippen molar-refractivity contribution in [1.29, 1.82) is 0 Å². The van der Waals surface area contributed by atoms with Gasteiger partial charge in [0.05, 0.1) is 11.6 Å². The number of phenolic OH excluding ortho intramolecular Hbond substituents is 1. The van der Waals surface area contributed by atoms with Crippen LogP contribution in [-0.4, -0.2) is 75.5 Å². The summed E-state index contributed by atoms with van der Waals surface area (Å²) in [4.78, 5) is 57.7. The van der Waals surface area contributed by atoms with Gasteiger partial charge in [-0.3, -0.25) is 19.2 Å². The fourth-order valence-corrected chi connectivity index (χ4v) is 8.41. The van der Waals surface area contributed by atoms with Crippen molar-refractivity contribution in [2.45, 2.75) is 135 Å². The SMILES string of the molecule is CCCCCCCCC(N)CNC(Cc1c(C)cc(O)cc1C)C(=O)N1CCCC1C(=O)NC(C(=O)NC(CCc1ccccc1)C(N)=O)n1cc(C)c2ccccc21. The van der Waals surface area contributed by atoms with Crippen LogP contribution in [0.5, 0.6) is 5.75 Å². The number of nitrogens with one attached hydrogen (secondary N) is 3. The highest BCUT2D eigenvalue weighted by Gasteiger charge is 2.39. The van der Waals surface area contributed by atoms with E-state index in [-0.39, 0.29) is 24.1 Å². The van der Waals surface area contributed by atoms with E-state index in [1.165, 1.54) is 25.7 Å². The number of primary amides is 1. The van der Waals surface area contributed by atoms with E-state index in [0.717, 1.165) is 58.0 Å². The van der Waals surface area contributed by atoms with Gasteiger partial charge >= 0.3 is 0 Å². The Hall–Kier alpha value is -5.20. The van der Waals surface area contributed by atoms with Gasteiger partial charge in [0.15, 0.2) is 6.17 Å². The first-order chi connectivity index (χ1) is 28.4. The standard InChI is InChI=1S/C47H65N7O5/c1-5-6-7-8-9-13-19-35(48)29-50-40(28-38-31(2)26-36(55)27-32(38)3)47(59)53-25-16-22-42(53)45(57)52-44(54-30-33(4)37-20-14-15-21-41(37)54)46(58)51-39(43(49)56)24-23-34-17-11-10-12-18-34/h10-12,14-15,17-18,20-21,26-27,30,35,39-40,42,44,50,55H,5-9,13,16,19,22-25,28-29,48H2,1-4H3,(H2,49,56)(H,51,58)(H,52,57). The number of fused-ring (bicyclic) bond motifs is 1. The fraction of sp³-hybridized carbons (Fsp3) is 0.489. The number of aromatic hydroxyl groups is 1. The van der Waals surface area contributed by atoms with Gasteiger partial charge in [-0.25, -0.2) is 0 Å². The normalized spacial score (nSPS) is 16.1. The van der Waals surface area contributed by atoms with Crippen LogP contribution in [0.3, 0.4) is 0 Å². The molecule has 4 amide bonds. The second-order valence-corrected chi connectivity index (χ2v) is 16.4. The summed E-state index contributed by atoms with van der Waals surface area (Å²) in [5, 5.41) is 20.5. The molecular formula is C47H65N7O5. The van der Waals surface area contributed by atoms with Crippen LogP contribution in [0.25, 0.3) is 10.9 Å².